The van der Waals surface area contributed by atoms with Crippen molar-refractivity contribution in [3.8, 4) is 5.69 Å². The lowest BCUT2D eigenvalue weighted by Crippen LogP contribution is -1.98. The summed E-state index contributed by atoms with van der Waals surface area (Å²) in [6.07, 6.45) is 3.16. The molecule has 2 aromatic carbocycles. The summed E-state index contributed by atoms with van der Waals surface area (Å²) in [4.78, 5) is 15.9. The minimum atomic E-state index is -0.445. The molecule has 0 aliphatic heterocycles. The predicted octanol–water partition coefficient (Wildman–Crippen LogP) is 2.93. The van der Waals surface area contributed by atoms with Crippen LogP contribution < -0.4 is 0 Å². The van der Waals surface area contributed by atoms with Crippen molar-refractivity contribution in [3.63, 3.8) is 0 Å². The molecule has 0 bridgehead atoms. The highest BCUT2D eigenvalue weighted by atomic mass is 16.6. The Morgan fingerprint density at radius 1 is 1.09 bits per heavy atom. The van der Waals surface area contributed by atoms with E-state index < -0.39 is 4.92 Å². The van der Waals surface area contributed by atoms with Gasteiger partial charge in [-0.1, -0.05) is 18.2 Å². The average molecular weight is 293 g/mol. The summed E-state index contributed by atoms with van der Waals surface area (Å²) in [5.74, 6) is 0. The fraction of sp³-hybridized carbons (Fsp3) is 0. The molecule has 0 fully saturated rings. The largest absolute Gasteiger partial charge is 0.269 e. The fourth-order valence-corrected chi connectivity index (χ4v) is 1.82. The molecule has 0 radical (unpaired) electrons. The Hall–Kier alpha value is -3.35. The Morgan fingerprint density at radius 2 is 1.82 bits per heavy atom. The first-order valence-electron chi connectivity index (χ1n) is 6.49. The molecule has 0 saturated carbocycles. The Morgan fingerprint density at radius 3 is 2.50 bits per heavy atom. The number of para-hydroxylation sites is 1. The predicted molar refractivity (Wildman–Crippen MR) is 81.7 cm³/mol. The van der Waals surface area contributed by atoms with Crippen LogP contribution in [0.4, 0.5) is 11.4 Å². The maximum absolute atomic E-state index is 10.6. The van der Waals surface area contributed by atoms with Crippen LogP contribution in [0, 0.1) is 10.1 Å². The van der Waals surface area contributed by atoms with Crippen LogP contribution in [0.5, 0.6) is 0 Å². The van der Waals surface area contributed by atoms with Crippen LogP contribution in [0.3, 0.4) is 0 Å². The van der Waals surface area contributed by atoms with Crippen molar-refractivity contribution in [2.24, 2.45) is 4.99 Å². The number of hydrogen-bond acceptors (Lipinski definition) is 5. The number of nitro groups is 1. The van der Waals surface area contributed by atoms with Crippen LogP contribution in [0.25, 0.3) is 5.69 Å². The summed E-state index contributed by atoms with van der Waals surface area (Å²) in [6.45, 7) is 0. The molecular formula is C15H11N5O2. The zero-order valence-electron chi connectivity index (χ0n) is 11.4. The van der Waals surface area contributed by atoms with E-state index in [9.17, 15) is 10.1 Å². The molecule has 0 N–H and O–H groups in total. The van der Waals surface area contributed by atoms with Gasteiger partial charge in [0.15, 0.2) is 0 Å². The molecule has 0 spiro atoms. The van der Waals surface area contributed by atoms with E-state index in [1.807, 2.05) is 30.3 Å². The van der Waals surface area contributed by atoms with Gasteiger partial charge in [0.05, 0.1) is 28.7 Å². The molecule has 0 aliphatic carbocycles. The lowest BCUT2D eigenvalue weighted by atomic mass is 10.3. The van der Waals surface area contributed by atoms with E-state index in [-0.39, 0.29) is 5.69 Å². The topological polar surface area (TPSA) is 86.2 Å². The fourth-order valence-electron chi connectivity index (χ4n) is 1.82. The highest BCUT2D eigenvalue weighted by Gasteiger charge is 2.03. The van der Waals surface area contributed by atoms with Gasteiger partial charge in [-0.05, 0) is 24.3 Å². The lowest BCUT2D eigenvalue weighted by Gasteiger charge is -1.96. The van der Waals surface area contributed by atoms with Crippen molar-refractivity contribution >= 4 is 17.6 Å². The normalized spacial score (nSPS) is 10.9. The van der Waals surface area contributed by atoms with E-state index in [1.165, 1.54) is 16.9 Å². The summed E-state index contributed by atoms with van der Waals surface area (Å²) in [6, 6.07) is 15.5. The maximum Gasteiger partial charge on any atom is 0.269 e. The molecular weight excluding hydrogens is 282 g/mol. The zero-order valence-corrected chi connectivity index (χ0v) is 11.4. The van der Waals surface area contributed by atoms with Gasteiger partial charge in [0.2, 0.25) is 0 Å². The van der Waals surface area contributed by atoms with E-state index in [1.54, 1.807) is 24.5 Å². The number of hydrogen-bond donors (Lipinski definition) is 0. The second-order valence-corrected chi connectivity index (χ2v) is 4.43. The average Bonchev–Trinajstić information content (AvgIpc) is 3.03. The van der Waals surface area contributed by atoms with Gasteiger partial charge in [-0.3, -0.25) is 15.1 Å². The van der Waals surface area contributed by atoms with E-state index in [0.717, 1.165) is 5.69 Å². The molecule has 0 aliphatic rings. The third-order valence-corrected chi connectivity index (χ3v) is 2.90. The van der Waals surface area contributed by atoms with E-state index in [0.29, 0.717) is 11.4 Å². The van der Waals surface area contributed by atoms with Crippen LogP contribution in [0.15, 0.2) is 65.8 Å². The summed E-state index contributed by atoms with van der Waals surface area (Å²) < 4.78 is 0. The van der Waals surface area contributed by atoms with Gasteiger partial charge in [0.25, 0.3) is 5.69 Å². The zero-order chi connectivity index (χ0) is 15.4. The van der Waals surface area contributed by atoms with Gasteiger partial charge in [0, 0.05) is 12.1 Å². The maximum atomic E-state index is 10.6. The Bertz CT molecular complexity index is 809. The first-order valence-corrected chi connectivity index (χ1v) is 6.49. The molecule has 0 atom stereocenters. The summed E-state index contributed by atoms with van der Waals surface area (Å²) >= 11 is 0. The second kappa shape index (κ2) is 5.96. The minimum Gasteiger partial charge on any atom is -0.258 e. The summed E-state index contributed by atoms with van der Waals surface area (Å²) in [5.41, 5.74) is 2.11. The molecule has 22 heavy (non-hydrogen) atoms. The molecule has 3 rings (SSSR count). The first-order chi connectivity index (χ1) is 10.7. The SMILES string of the molecule is O=[N+]([O-])c1ccc(N=Cc2cnn(-c3ccccc3)n2)cc1. The number of nitro benzene ring substituents is 1. The van der Waals surface area contributed by atoms with Crippen molar-refractivity contribution in [1.29, 1.82) is 0 Å². The minimum absolute atomic E-state index is 0.0361. The molecule has 0 unspecified atom stereocenters. The molecule has 7 heteroatoms. The first kappa shape index (κ1) is 13.6. The van der Waals surface area contributed by atoms with Crippen molar-refractivity contribution in [1.82, 2.24) is 15.0 Å². The van der Waals surface area contributed by atoms with Crippen LogP contribution in [-0.4, -0.2) is 26.1 Å². The van der Waals surface area contributed by atoms with E-state index in [2.05, 4.69) is 15.2 Å². The van der Waals surface area contributed by atoms with Crippen molar-refractivity contribution < 1.29 is 4.92 Å². The van der Waals surface area contributed by atoms with E-state index >= 15 is 0 Å². The molecule has 0 amide bonds. The number of nitrogens with zero attached hydrogens (tertiary/aromatic N) is 5. The standard InChI is InChI=1S/C15H11N5O2/c21-20(22)15-8-6-12(7-9-15)16-10-13-11-17-19(18-13)14-4-2-1-3-5-14/h1-11H. The van der Waals surface area contributed by atoms with Gasteiger partial charge >= 0.3 is 0 Å². The van der Waals surface area contributed by atoms with Gasteiger partial charge in [-0.2, -0.15) is 9.90 Å². The van der Waals surface area contributed by atoms with Crippen LogP contribution in [0.2, 0.25) is 0 Å². The molecule has 0 saturated heterocycles. The highest BCUT2D eigenvalue weighted by Crippen LogP contribution is 2.17. The van der Waals surface area contributed by atoms with Crippen LogP contribution in [0.1, 0.15) is 5.69 Å². The Kier molecular flexibility index (Phi) is 3.69. The summed E-state index contributed by atoms with van der Waals surface area (Å²) in [5, 5.41) is 19.0. The number of benzene rings is 2. The molecule has 1 heterocycles. The van der Waals surface area contributed by atoms with Gasteiger partial charge in [-0.15, -0.1) is 5.10 Å². The van der Waals surface area contributed by atoms with Gasteiger partial charge < -0.3 is 0 Å². The Balaban J connectivity index is 1.76. The third kappa shape index (κ3) is 3.04. The number of non-ortho nitro benzene ring substituents is 1. The monoisotopic (exact) mass is 293 g/mol. The van der Waals surface area contributed by atoms with Gasteiger partial charge in [-0.25, -0.2) is 0 Å². The molecule has 3 aromatic rings. The van der Waals surface area contributed by atoms with Gasteiger partial charge in [0.1, 0.15) is 5.69 Å². The molecule has 108 valence electrons. The quantitative estimate of drug-likeness (QED) is 0.420. The van der Waals surface area contributed by atoms with Crippen molar-refractivity contribution in [3.05, 3.63) is 76.6 Å². The number of aliphatic imine (C=N–C) groups is 1. The van der Waals surface area contributed by atoms with Crippen LogP contribution in [-0.2, 0) is 0 Å². The second-order valence-electron chi connectivity index (χ2n) is 4.43. The van der Waals surface area contributed by atoms with Crippen LogP contribution >= 0.6 is 0 Å². The Labute approximate surface area is 125 Å². The smallest absolute Gasteiger partial charge is 0.258 e. The van der Waals surface area contributed by atoms with Crippen molar-refractivity contribution in [2.45, 2.75) is 0 Å². The number of rotatable bonds is 4. The highest BCUT2D eigenvalue weighted by molar-refractivity contribution is 5.79. The van der Waals surface area contributed by atoms with Crippen molar-refractivity contribution in [2.75, 3.05) is 0 Å². The third-order valence-electron chi connectivity index (χ3n) is 2.90. The lowest BCUT2D eigenvalue weighted by molar-refractivity contribution is -0.384. The molecule has 7 nitrogen and oxygen atoms in total. The summed E-state index contributed by atoms with van der Waals surface area (Å²) in [7, 11) is 0. The number of aromatic nitrogens is 3. The molecule has 1 aromatic heterocycles. The van der Waals surface area contributed by atoms with E-state index in [4.69, 9.17) is 0 Å².